The fraction of sp³-hybridized carbons (Fsp3) is 0.364. The number of aryl methyl sites for hydroxylation is 1. The summed E-state index contributed by atoms with van der Waals surface area (Å²) in [7, 11) is 0. The lowest BCUT2D eigenvalue weighted by Gasteiger charge is -2.19. The highest BCUT2D eigenvalue weighted by Gasteiger charge is 2.21. The molecule has 0 spiro atoms. The molecule has 0 saturated heterocycles. The van der Waals surface area contributed by atoms with Gasteiger partial charge >= 0.3 is 0 Å². The Morgan fingerprint density at radius 2 is 2.00 bits per heavy atom. The van der Waals surface area contributed by atoms with Crippen molar-refractivity contribution in [3.05, 3.63) is 35.4 Å². The zero-order valence-electron chi connectivity index (χ0n) is 8.46. The van der Waals surface area contributed by atoms with E-state index >= 15 is 0 Å². The fourth-order valence-corrected chi connectivity index (χ4v) is 1.33. The van der Waals surface area contributed by atoms with Gasteiger partial charge in [-0.2, -0.15) is 0 Å². The highest BCUT2D eigenvalue weighted by Crippen LogP contribution is 2.20. The van der Waals surface area contributed by atoms with Crippen molar-refractivity contribution in [1.82, 2.24) is 0 Å². The van der Waals surface area contributed by atoms with Crippen molar-refractivity contribution < 1.29 is 19.7 Å². The molecule has 0 aromatic heterocycles. The highest BCUT2D eigenvalue weighted by atomic mass is 16.6. The van der Waals surface area contributed by atoms with Crippen LogP contribution in [0.2, 0.25) is 0 Å². The maximum atomic E-state index is 10.1. The summed E-state index contributed by atoms with van der Waals surface area (Å²) in [6.07, 6.45) is -1.31. The van der Waals surface area contributed by atoms with Gasteiger partial charge in [0.05, 0.1) is 12.5 Å². The number of carbonyl (C=O) groups is 1. The first-order valence-corrected chi connectivity index (χ1v) is 4.63. The van der Waals surface area contributed by atoms with Crippen molar-refractivity contribution in [2.75, 3.05) is 6.61 Å². The van der Waals surface area contributed by atoms with E-state index in [0.717, 1.165) is 11.1 Å². The molecule has 2 N–H and O–H groups in total. The number of rotatable bonds is 5. The molecule has 1 aromatic carbocycles. The second-order valence-corrected chi connectivity index (χ2v) is 3.32. The lowest BCUT2D eigenvalue weighted by atomic mass is 9.98. The standard InChI is InChI=1S/C11H14O4/c1-8-2-4-9(5-3-8)10(6-12)11(14)15-7-13/h2-5,7,10-12,14H,6H2,1H3. The summed E-state index contributed by atoms with van der Waals surface area (Å²) >= 11 is 0. The second kappa shape index (κ2) is 5.48. The van der Waals surface area contributed by atoms with Crippen molar-refractivity contribution in [3.8, 4) is 0 Å². The molecule has 0 heterocycles. The summed E-state index contributed by atoms with van der Waals surface area (Å²) in [5.74, 6) is -0.601. The molecular weight excluding hydrogens is 196 g/mol. The number of ether oxygens (including phenoxy) is 1. The van der Waals surface area contributed by atoms with Gasteiger partial charge in [-0.25, -0.2) is 0 Å². The molecule has 82 valence electrons. The van der Waals surface area contributed by atoms with Gasteiger partial charge in [0.1, 0.15) is 0 Å². The van der Waals surface area contributed by atoms with E-state index in [1.807, 2.05) is 19.1 Å². The molecule has 0 amide bonds. The first-order chi connectivity index (χ1) is 7.19. The fourth-order valence-electron chi connectivity index (χ4n) is 1.33. The van der Waals surface area contributed by atoms with Gasteiger partial charge in [0, 0.05) is 0 Å². The number of hydrogen-bond acceptors (Lipinski definition) is 4. The van der Waals surface area contributed by atoms with Crippen LogP contribution in [0.4, 0.5) is 0 Å². The van der Waals surface area contributed by atoms with Crippen LogP contribution in [0, 0.1) is 6.92 Å². The van der Waals surface area contributed by atoms with Crippen LogP contribution < -0.4 is 0 Å². The SMILES string of the molecule is Cc1ccc(C(CO)C(O)OC=O)cc1. The maximum absolute atomic E-state index is 10.1. The van der Waals surface area contributed by atoms with Crippen molar-refractivity contribution in [2.45, 2.75) is 19.1 Å². The molecule has 15 heavy (non-hydrogen) atoms. The Labute approximate surface area is 88.1 Å². The van der Waals surface area contributed by atoms with E-state index in [2.05, 4.69) is 4.74 Å². The molecule has 0 radical (unpaired) electrons. The number of hydrogen-bond donors (Lipinski definition) is 2. The van der Waals surface area contributed by atoms with Crippen LogP contribution in [0.1, 0.15) is 17.0 Å². The molecule has 0 fully saturated rings. The molecule has 0 aliphatic carbocycles. The third kappa shape index (κ3) is 3.04. The Kier molecular flexibility index (Phi) is 4.27. The molecule has 0 aliphatic rings. The Morgan fingerprint density at radius 3 is 2.47 bits per heavy atom. The van der Waals surface area contributed by atoms with Crippen molar-refractivity contribution in [3.63, 3.8) is 0 Å². The minimum absolute atomic E-state index is 0.168. The van der Waals surface area contributed by atoms with E-state index in [4.69, 9.17) is 5.11 Å². The van der Waals surface area contributed by atoms with Gasteiger partial charge in [-0.15, -0.1) is 0 Å². The molecule has 0 saturated carbocycles. The van der Waals surface area contributed by atoms with Crippen LogP contribution in [0.5, 0.6) is 0 Å². The molecule has 4 nitrogen and oxygen atoms in total. The molecule has 4 heteroatoms. The maximum Gasteiger partial charge on any atom is 0.295 e. The summed E-state index contributed by atoms with van der Waals surface area (Å²) < 4.78 is 4.39. The Balaban J connectivity index is 2.81. The van der Waals surface area contributed by atoms with E-state index in [0.29, 0.717) is 0 Å². The van der Waals surface area contributed by atoms with Gasteiger partial charge in [-0.1, -0.05) is 29.8 Å². The smallest absolute Gasteiger partial charge is 0.295 e. The first-order valence-electron chi connectivity index (χ1n) is 4.63. The Bertz CT molecular complexity index is 307. The van der Waals surface area contributed by atoms with Crippen molar-refractivity contribution >= 4 is 6.47 Å². The molecule has 2 unspecified atom stereocenters. The molecule has 0 aliphatic heterocycles. The number of aliphatic hydroxyl groups excluding tert-OH is 2. The van der Waals surface area contributed by atoms with E-state index in [1.165, 1.54) is 0 Å². The molecule has 1 rings (SSSR count). The van der Waals surface area contributed by atoms with Crippen LogP contribution >= 0.6 is 0 Å². The average Bonchev–Trinajstić information content (AvgIpc) is 2.22. The third-order valence-corrected chi connectivity index (χ3v) is 2.24. The Hall–Kier alpha value is -1.39. The van der Waals surface area contributed by atoms with Crippen molar-refractivity contribution in [1.29, 1.82) is 0 Å². The van der Waals surface area contributed by atoms with Gasteiger partial charge in [-0.3, -0.25) is 4.79 Å². The highest BCUT2D eigenvalue weighted by molar-refractivity contribution is 5.37. The number of carbonyl (C=O) groups excluding carboxylic acids is 1. The summed E-state index contributed by atoms with van der Waals surface area (Å²) in [4.78, 5) is 10.1. The van der Waals surface area contributed by atoms with Crippen LogP contribution in [0.25, 0.3) is 0 Å². The van der Waals surface area contributed by atoms with E-state index in [1.54, 1.807) is 12.1 Å². The molecule has 0 bridgehead atoms. The zero-order valence-corrected chi connectivity index (χ0v) is 8.46. The van der Waals surface area contributed by atoms with E-state index in [9.17, 15) is 9.90 Å². The number of aliphatic hydroxyl groups is 2. The number of benzene rings is 1. The van der Waals surface area contributed by atoms with Gasteiger partial charge < -0.3 is 14.9 Å². The predicted molar refractivity (Wildman–Crippen MR) is 54.2 cm³/mol. The van der Waals surface area contributed by atoms with E-state index in [-0.39, 0.29) is 13.1 Å². The Morgan fingerprint density at radius 1 is 1.40 bits per heavy atom. The quantitative estimate of drug-likeness (QED) is 0.550. The van der Waals surface area contributed by atoms with Crippen molar-refractivity contribution in [2.24, 2.45) is 0 Å². The molecule has 2 atom stereocenters. The lowest BCUT2D eigenvalue weighted by molar-refractivity contribution is -0.157. The summed E-state index contributed by atoms with van der Waals surface area (Å²) in [5.41, 5.74) is 1.82. The molecule has 1 aromatic rings. The van der Waals surface area contributed by atoms with E-state index < -0.39 is 12.2 Å². The summed E-state index contributed by atoms with van der Waals surface area (Å²) in [6.45, 7) is 1.83. The van der Waals surface area contributed by atoms with Gasteiger partial charge in [-0.05, 0) is 12.5 Å². The predicted octanol–water partition coefficient (Wildman–Crippen LogP) is 0.562. The van der Waals surface area contributed by atoms with Crippen LogP contribution in [-0.2, 0) is 9.53 Å². The molecular formula is C11H14O4. The summed E-state index contributed by atoms with van der Waals surface area (Å²) in [5, 5.41) is 18.5. The van der Waals surface area contributed by atoms with Gasteiger partial charge in [0.25, 0.3) is 6.47 Å². The monoisotopic (exact) mass is 210 g/mol. The van der Waals surface area contributed by atoms with Gasteiger partial charge in [0.2, 0.25) is 6.29 Å². The largest absolute Gasteiger partial charge is 0.437 e. The lowest BCUT2D eigenvalue weighted by Crippen LogP contribution is -2.24. The minimum Gasteiger partial charge on any atom is -0.437 e. The first kappa shape index (κ1) is 11.7. The third-order valence-electron chi connectivity index (χ3n) is 2.24. The second-order valence-electron chi connectivity index (χ2n) is 3.32. The zero-order chi connectivity index (χ0) is 11.3. The van der Waals surface area contributed by atoms with Crippen LogP contribution in [0.3, 0.4) is 0 Å². The van der Waals surface area contributed by atoms with Crippen LogP contribution in [-0.4, -0.2) is 29.6 Å². The topological polar surface area (TPSA) is 66.8 Å². The summed E-state index contributed by atoms with van der Waals surface area (Å²) in [6, 6.07) is 7.30. The van der Waals surface area contributed by atoms with Gasteiger partial charge in [0.15, 0.2) is 0 Å². The minimum atomic E-state index is -1.31. The van der Waals surface area contributed by atoms with Crippen LogP contribution in [0.15, 0.2) is 24.3 Å². The average molecular weight is 210 g/mol. The normalized spacial score (nSPS) is 14.3.